The molecule has 4 nitrogen and oxygen atoms in total. The van der Waals surface area contributed by atoms with E-state index in [1.165, 1.54) is 6.42 Å². The van der Waals surface area contributed by atoms with E-state index in [2.05, 4.69) is 24.1 Å². The maximum absolute atomic E-state index is 11.5. The minimum absolute atomic E-state index is 0.0306. The highest BCUT2D eigenvalue weighted by atomic mass is 16.2. The van der Waals surface area contributed by atoms with Gasteiger partial charge in [0.1, 0.15) is 0 Å². The Morgan fingerprint density at radius 3 is 2.33 bits per heavy atom. The first kappa shape index (κ1) is 17.2. The van der Waals surface area contributed by atoms with Crippen LogP contribution >= 0.6 is 0 Å². The summed E-state index contributed by atoms with van der Waals surface area (Å²) in [6.45, 7) is 10.7. The minimum Gasteiger partial charge on any atom is -0.335 e. The van der Waals surface area contributed by atoms with Gasteiger partial charge in [-0.1, -0.05) is 13.8 Å². The molecule has 1 heterocycles. The molecular weight excluding hydrogens is 226 g/mol. The lowest BCUT2D eigenvalue weighted by Gasteiger charge is -2.24. The van der Waals surface area contributed by atoms with Crippen molar-refractivity contribution in [2.45, 2.75) is 59.0 Å². The van der Waals surface area contributed by atoms with Crippen LogP contribution in [-0.4, -0.2) is 55.1 Å². The Kier molecular flexibility index (Phi) is 8.81. The van der Waals surface area contributed by atoms with Crippen LogP contribution in [0.3, 0.4) is 0 Å². The van der Waals surface area contributed by atoms with Crippen molar-refractivity contribution in [1.82, 2.24) is 15.1 Å². The van der Waals surface area contributed by atoms with Crippen LogP contribution in [0.2, 0.25) is 0 Å². The van der Waals surface area contributed by atoms with Crippen molar-refractivity contribution in [1.29, 1.82) is 0 Å². The Balaban J connectivity index is 0.00000137. The number of carbonyl (C=O) groups excluding carboxylic acids is 1. The summed E-state index contributed by atoms with van der Waals surface area (Å²) in [5, 5.41) is 3.08. The predicted octanol–water partition coefficient (Wildman–Crippen LogP) is 2.55. The number of amides is 2. The maximum atomic E-state index is 11.5. The van der Waals surface area contributed by atoms with Crippen molar-refractivity contribution in [3.05, 3.63) is 0 Å². The Morgan fingerprint density at radius 2 is 1.83 bits per heavy atom. The summed E-state index contributed by atoms with van der Waals surface area (Å²) in [6.07, 6.45) is 3.34. The quantitative estimate of drug-likeness (QED) is 0.825. The Bertz CT molecular complexity index is 229. The second-order valence-electron chi connectivity index (χ2n) is 5.10. The average molecular weight is 257 g/mol. The van der Waals surface area contributed by atoms with Gasteiger partial charge < -0.3 is 15.1 Å². The van der Waals surface area contributed by atoms with Crippen molar-refractivity contribution in [3.8, 4) is 0 Å². The zero-order valence-corrected chi connectivity index (χ0v) is 13.0. The zero-order valence-electron chi connectivity index (χ0n) is 13.0. The van der Waals surface area contributed by atoms with Crippen LogP contribution < -0.4 is 5.32 Å². The van der Waals surface area contributed by atoms with Crippen molar-refractivity contribution in [2.24, 2.45) is 0 Å². The number of carbonyl (C=O) groups is 1. The highest BCUT2D eigenvalue weighted by Crippen LogP contribution is 2.13. The van der Waals surface area contributed by atoms with E-state index in [1.807, 2.05) is 13.8 Å². The first-order chi connectivity index (χ1) is 8.50. The van der Waals surface area contributed by atoms with Crippen LogP contribution in [-0.2, 0) is 0 Å². The third-order valence-electron chi connectivity index (χ3n) is 3.23. The van der Waals surface area contributed by atoms with E-state index in [0.29, 0.717) is 12.1 Å². The molecule has 1 aliphatic rings. The molecule has 1 aliphatic heterocycles. The van der Waals surface area contributed by atoms with Crippen LogP contribution in [0, 0.1) is 0 Å². The molecule has 1 saturated heterocycles. The van der Waals surface area contributed by atoms with E-state index in [4.69, 9.17) is 0 Å². The fraction of sp³-hybridized carbons (Fsp3) is 0.929. The third kappa shape index (κ3) is 6.24. The summed E-state index contributed by atoms with van der Waals surface area (Å²) >= 11 is 0. The second-order valence-corrected chi connectivity index (χ2v) is 5.10. The topological polar surface area (TPSA) is 35.6 Å². The van der Waals surface area contributed by atoms with E-state index in [9.17, 15) is 4.79 Å². The highest BCUT2D eigenvalue weighted by Gasteiger charge is 2.20. The van der Waals surface area contributed by atoms with E-state index < -0.39 is 0 Å². The van der Waals surface area contributed by atoms with E-state index in [1.54, 1.807) is 19.0 Å². The summed E-state index contributed by atoms with van der Waals surface area (Å²) < 4.78 is 0. The van der Waals surface area contributed by atoms with Gasteiger partial charge in [0.25, 0.3) is 0 Å². The number of nitrogens with zero attached hydrogens (tertiary/aromatic N) is 2. The van der Waals surface area contributed by atoms with Crippen molar-refractivity contribution in [3.63, 3.8) is 0 Å². The second kappa shape index (κ2) is 9.20. The lowest BCUT2D eigenvalue weighted by molar-refractivity contribution is 0.209. The van der Waals surface area contributed by atoms with Gasteiger partial charge in [0.15, 0.2) is 0 Å². The molecule has 0 aromatic heterocycles. The Hall–Kier alpha value is -0.770. The lowest BCUT2D eigenvalue weighted by Crippen LogP contribution is -2.42. The standard InChI is InChI=1S/C12H25N3O.C2H6/c1-10(2)15-8-5-6-11(7-9-15)13-12(16)14(3)4;1-2/h10-11H,5-9H2,1-4H3,(H,13,16);1-2H3. The van der Waals surface area contributed by atoms with Crippen molar-refractivity contribution in [2.75, 3.05) is 27.2 Å². The molecule has 1 atom stereocenters. The molecule has 18 heavy (non-hydrogen) atoms. The first-order valence-corrected chi connectivity index (χ1v) is 7.22. The normalized spacial score (nSPS) is 20.7. The molecule has 1 fully saturated rings. The van der Waals surface area contributed by atoms with E-state index >= 15 is 0 Å². The van der Waals surface area contributed by atoms with E-state index in [0.717, 1.165) is 25.9 Å². The Labute approximate surface area is 113 Å². The van der Waals surface area contributed by atoms with Gasteiger partial charge in [0.05, 0.1) is 0 Å². The summed E-state index contributed by atoms with van der Waals surface area (Å²) in [6, 6.07) is 0.991. The smallest absolute Gasteiger partial charge is 0.317 e. The van der Waals surface area contributed by atoms with Gasteiger partial charge in [-0.2, -0.15) is 0 Å². The summed E-state index contributed by atoms with van der Waals surface area (Å²) in [4.78, 5) is 15.6. The van der Waals surface area contributed by atoms with Crippen LogP contribution in [0.4, 0.5) is 4.79 Å². The van der Waals surface area contributed by atoms with Gasteiger partial charge in [-0.05, 0) is 39.7 Å². The third-order valence-corrected chi connectivity index (χ3v) is 3.23. The van der Waals surface area contributed by atoms with Gasteiger partial charge in [-0.25, -0.2) is 4.79 Å². The highest BCUT2D eigenvalue weighted by molar-refractivity contribution is 5.73. The summed E-state index contributed by atoms with van der Waals surface area (Å²) in [5.41, 5.74) is 0. The SMILES string of the molecule is CC.CC(C)N1CCCC(NC(=O)N(C)C)CC1. The van der Waals surface area contributed by atoms with Crippen molar-refractivity contribution < 1.29 is 4.79 Å². The summed E-state index contributed by atoms with van der Waals surface area (Å²) in [7, 11) is 3.57. The molecule has 1 rings (SSSR count). The number of likely N-dealkylation sites (tertiary alicyclic amines) is 1. The minimum atomic E-state index is 0.0306. The molecule has 1 unspecified atom stereocenters. The van der Waals surface area contributed by atoms with Crippen molar-refractivity contribution >= 4 is 6.03 Å². The number of hydrogen-bond donors (Lipinski definition) is 1. The molecule has 0 bridgehead atoms. The molecule has 1 N–H and O–H groups in total. The van der Waals surface area contributed by atoms with Crippen LogP contribution in [0.1, 0.15) is 47.0 Å². The largest absolute Gasteiger partial charge is 0.335 e. The molecule has 2 amide bonds. The summed E-state index contributed by atoms with van der Waals surface area (Å²) in [5.74, 6) is 0. The van der Waals surface area contributed by atoms with Gasteiger partial charge >= 0.3 is 6.03 Å². The van der Waals surface area contributed by atoms with Gasteiger partial charge in [0, 0.05) is 32.7 Å². The molecular formula is C14H31N3O. The van der Waals surface area contributed by atoms with Gasteiger partial charge in [-0.15, -0.1) is 0 Å². The molecule has 0 aromatic rings. The van der Waals surface area contributed by atoms with Crippen LogP contribution in [0.5, 0.6) is 0 Å². The average Bonchev–Trinajstić information content (AvgIpc) is 2.57. The van der Waals surface area contributed by atoms with Gasteiger partial charge in [-0.3, -0.25) is 0 Å². The Morgan fingerprint density at radius 1 is 1.22 bits per heavy atom. The van der Waals surface area contributed by atoms with E-state index in [-0.39, 0.29) is 6.03 Å². The first-order valence-electron chi connectivity index (χ1n) is 7.22. The molecule has 0 spiro atoms. The van der Waals surface area contributed by atoms with Crippen LogP contribution in [0.25, 0.3) is 0 Å². The van der Waals surface area contributed by atoms with Crippen LogP contribution in [0.15, 0.2) is 0 Å². The molecule has 0 aliphatic carbocycles. The molecule has 0 aromatic carbocycles. The number of rotatable bonds is 2. The molecule has 108 valence electrons. The lowest BCUT2D eigenvalue weighted by atomic mass is 10.1. The molecule has 0 radical (unpaired) electrons. The fourth-order valence-electron chi connectivity index (χ4n) is 2.08. The molecule has 0 saturated carbocycles. The number of hydrogen-bond acceptors (Lipinski definition) is 2. The fourth-order valence-corrected chi connectivity index (χ4v) is 2.08. The molecule has 4 heteroatoms. The predicted molar refractivity (Wildman–Crippen MR) is 77.9 cm³/mol. The van der Waals surface area contributed by atoms with Gasteiger partial charge in [0.2, 0.25) is 0 Å². The zero-order chi connectivity index (χ0) is 14.1. The monoisotopic (exact) mass is 257 g/mol. The maximum Gasteiger partial charge on any atom is 0.317 e. The number of nitrogens with one attached hydrogen (secondary N) is 1. The number of urea groups is 1.